The van der Waals surface area contributed by atoms with Gasteiger partial charge in [0.25, 0.3) is 15.9 Å². The zero-order valence-electron chi connectivity index (χ0n) is 21.0. The third kappa shape index (κ3) is 7.31. The summed E-state index contributed by atoms with van der Waals surface area (Å²) in [5.74, 6) is -0.964. The summed E-state index contributed by atoms with van der Waals surface area (Å²) in [6.07, 6.45) is 0.642. The Labute approximate surface area is 222 Å². The van der Waals surface area contributed by atoms with Crippen LogP contribution < -0.4 is 14.9 Å². The number of ether oxygens (including phenoxy) is 1. The van der Waals surface area contributed by atoms with Crippen molar-refractivity contribution in [3.63, 3.8) is 0 Å². The lowest BCUT2D eigenvalue weighted by atomic mass is 10.1. The molecule has 2 amide bonds. The van der Waals surface area contributed by atoms with Gasteiger partial charge in [0, 0.05) is 25.3 Å². The number of hydrogen-bond donors (Lipinski definition) is 2. The SMILES string of the molecule is COCCCNC(=O)c1ccccc1NC(=O)CN(c1ccc(Cl)cc1C)S(=O)(=O)c1ccc(C)cc1. The van der Waals surface area contributed by atoms with E-state index in [2.05, 4.69) is 10.6 Å². The normalized spacial score (nSPS) is 11.1. The second-order valence-electron chi connectivity index (χ2n) is 8.45. The van der Waals surface area contributed by atoms with Gasteiger partial charge in [0.05, 0.1) is 21.8 Å². The Morgan fingerprint density at radius 2 is 1.70 bits per heavy atom. The number of carbonyl (C=O) groups is 2. The van der Waals surface area contributed by atoms with Crippen LogP contribution in [0.15, 0.2) is 71.6 Å². The van der Waals surface area contributed by atoms with Crippen LogP contribution >= 0.6 is 11.6 Å². The average Bonchev–Trinajstić information content (AvgIpc) is 2.86. The van der Waals surface area contributed by atoms with E-state index >= 15 is 0 Å². The van der Waals surface area contributed by atoms with Crippen LogP contribution in [-0.4, -0.2) is 47.0 Å². The number of amides is 2. The molecule has 0 aromatic heterocycles. The van der Waals surface area contributed by atoms with Crippen molar-refractivity contribution in [1.29, 1.82) is 0 Å². The van der Waals surface area contributed by atoms with Crippen LogP contribution in [0.25, 0.3) is 0 Å². The van der Waals surface area contributed by atoms with Crippen LogP contribution in [0.3, 0.4) is 0 Å². The Hall–Kier alpha value is -3.40. The molecular formula is C27H30ClN3O5S. The summed E-state index contributed by atoms with van der Waals surface area (Å²) < 4.78 is 33.3. The summed E-state index contributed by atoms with van der Waals surface area (Å²) in [4.78, 5) is 25.9. The van der Waals surface area contributed by atoms with Gasteiger partial charge in [0.15, 0.2) is 0 Å². The largest absolute Gasteiger partial charge is 0.385 e. The van der Waals surface area contributed by atoms with Gasteiger partial charge in [-0.25, -0.2) is 8.42 Å². The third-order valence-corrected chi connectivity index (χ3v) is 7.59. The first-order chi connectivity index (χ1) is 17.6. The van der Waals surface area contributed by atoms with E-state index in [1.807, 2.05) is 6.92 Å². The summed E-state index contributed by atoms with van der Waals surface area (Å²) in [6.45, 7) is 3.99. The van der Waals surface area contributed by atoms with Crippen LogP contribution in [0.4, 0.5) is 11.4 Å². The number of para-hydroxylation sites is 1. The Morgan fingerprint density at radius 1 is 1.00 bits per heavy atom. The van der Waals surface area contributed by atoms with Crippen molar-refractivity contribution in [3.8, 4) is 0 Å². The number of halogens is 1. The highest BCUT2D eigenvalue weighted by molar-refractivity contribution is 7.92. The maximum absolute atomic E-state index is 13.7. The fraction of sp³-hybridized carbons (Fsp3) is 0.259. The standard InChI is InChI=1S/C27H30ClN3O5S/c1-19-9-12-22(13-10-19)37(34,35)31(25-14-11-21(28)17-20(25)2)18-26(32)30-24-8-5-4-7-23(24)27(33)29-15-6-16-36-3/h4-5,7-14,17H,6,15-16,18H2,1-3H3,(H,29,33)(H,30,32). The zero-order valence-corrected chi connectivity index (χ0v) is 22.5. The minimum absolute atomic E-state index is 0.0519. The van der Waals surface area contributed by atoms with E-state index in [0.717, 1.165) is 9.87 Å². The number of carbonyl (C=O) groups excluding carboxylic acids is 2. The number of nitrogens with zero attached hydrogens (tertiary/aromatic N) is 1. The van der Waals surface area contributed by atoms with E-state index in [-0.39, 0.29) is 22.1 Å². The van der Waals surface area contributed by atoms with Gasteiger partial charge in [-0.2, -0.15) is 0 Å². The first kappa shape index (κ1) is 28.2. The van der Waals surface area contributed by atoms with Crippen LogP contribution in [0.2, 0.25) is 5.02 Å². The number of anilines is 2. The van der Waals surface area contributed by atoms with E-state index in [0.29, 0.717) is 35.8 Å². The lowest BCUT2D eigenvalue weighted by molar-refractivity contribution is -0.114. The average molecular weight is 544 g/mol. The molecule has 3 aromatic rings. The summed E-state index contributed by atoms with van der Waals surface area (Å²) >= 11 is 6.09. The van der Waals surface area contributed by atoms with E-state index < -0.39 is 22.5 Å². The summed E-state index contributed by atoms with van der Waals surface area (Å²) in [7, 11) is -2.52. The molecular weight excluding hydrogens is 514 g/mol. The van der Waals surface area contributed by atoms with Gasteiger partial charge in [-0.1, -0.05) is 41.4 Å². The van der Waals surface area contributed by atoms with Crippen molar-refractivity contribution in [3.05, 3.63) is 88.4 Å². The van der Waals surface area contributed by atoms with Gasteiger partial charge in [-0.05, 0) is 68.3 Å². The molecule has 0 bridgehead atoms. The van der Waals surface area contributed by atoms with Crippen molar-refractivity contribution in [2.45, 2.75) is 25.2 Å². The summed E-state index contributed by atoms with van der Waals surface area (Å²) in [6, 6.07) is 17.7. The first-order valence-corrected chi connectivity index (χ1v) is 13.5. The minimum Gasteiger partial charge on any atom is -0.385 e. The molecule has 0 aliphatic heterocycles. The van der Waals surface area contributed by atoms with Crippen molar-refractivity contribution in [2.24, 2.45) is 0 Å². The zero-order chi connectivity index (χ0) is 27.0. The second-order valence-corrected chi connectivity index (χ2v) is 10.8. The molecule has 10 heteroatoms. The van der Waals surface area contributed by atoms with E-state index in [4.69, 9.17) is 16.3 Å². The lowest BCUT2D eigenvalue weighted by Crippen LogP contribution is -2.39. The van der Waals surface area contributed by atoms with E-state index in [9.17, 15) is 18.0 Å². The second kappa shape index (κ2) is 12.7. The molecule has 0 fully saturated rings. The van der Waals surface area contributed by atoms with Crippen molar-refractivity contribution >= 4 is 44.8 Å². The number of nitrogens with one attached hydrogen (secondary N) is 2. The predicted octanol–water partition coefficient (Wildman–Crippen LogP) is 4.56. The Morgan fingerprint density at radius 3 is 2.38 bits per heavy atom. The Bertz CT molecular complexity index is 1360. The van der Waals surface area contributed by atoms with Crippen LogP contribution in [0.5, 0.6) is 0 Å². The number of sulfonamides is 1. The Kier molecular flexibility index (Phi) is 9.68. The number of rotatable bonds is 11. The number of aryl methyl sites for hydroxylation is 2. The molecule has 0 atom stereocenters. The van der Waals surface area contributed by atoms with Crippen LogP contribution in [0, 0.1) is 13.8 Å². The summed E-state index contributed by atoms with van der Waals surface area (Å²) in [5.41, 5.74) is 2.36. The molecule has 2 N–H and O–H groups in total. The van der Waals surface area contributed by atoms with Crippen molar-refractivity contribution < 1.29 is 22.7 Å². The molecule has 0 aliphatic rings. The number of hydrogen-bond acceptors (Lipinski definition) is 5. The molecule has 3 rings (SSSR count). The molecule has 0 saturated heterocycles. The third-order valence-electron chi connectivity index (χ3n) is 5.58. The molecule has 37 heavy (non-hydrogen) atoms. The van der Waals surface area contributed by atoms with Gasteiger partial charge in [0.2, 0.25) is 5.91 Å². The van der Waals surface area contributed by atoms with Crippen molar-refractivity contribution in [2.75, 3.05) is 36.4 Å². The molecule has 0 unspecified atom stereocenters. The molecule has 0 aliphatic carbocycles. The highest BCUT2D eigenvalue weighted by Crippen LogP contribution is 2.29. The summed E-state index contributed by atoms with van der Waals surface area (Å²) in [5, 5.41) is 5.94. The Balaban J connectivity index is 1.89. The molecule has 0 radical (unpaired) electrons. The van der Waals surface area contributed by atoms with Crippen LogP contribution in [0.1, 0.15) is 27.9 Å². The fourth-order valence-corrected chi connectivity index (χ4v) is 5.37. The van der Waals surface area contributed by atoms with Gasteiger partial charge in [-0.3, -0.25) is 13.9 Å². The topological polar surface area (TPSA) is 105 Å². The maximum Gasteiger partial charge on any atom is 0.264 e. The maximum atomic E-state index is 13.7. The van der Waals surface area contributed by atoms with Gasteiger partial charge in [-0.15, -0.1) is 0 Å². The minimum atomic E-state index is -4.10. The lowest BCUT2D eigenvalue weighted by Gasteiger charge is -2.26. The van der Waals surface area contributed by atoms with E-state index in [1.54, 1.807) is 68.6 Å². The monoisotopic (exact) mass is 543 g/mol. The molecule has 196 valence electrons. The fourth-order valence-electron chi connectivity index (χ4n) is 3.66. The first-order valence-electron chi connectivity index (χ1n) is 11.6. The molecule has 0 spiro atoms. The van der Waals surface area contributed by atoms with E-state index in [1.165, 1.54) is 12.1 Å². The predicted molar refractivity (Wildman–Crippen MR) is 146 cm³/mol. The van der Waals surface area contributed by atoms with Gasteiger partial charge in [0.1, 0.15) is 6.54 Å². The number of methoxy groups -OCH3 is 1. The highest BCUT2D eigenvalue weighted by atomic mass is 35.5. The quantitative estimate of drug-likeness (QED) is 0.345. The van der Waals surface area contributed by atoms with Gasteiger partial charge >= 0.3 is 0 Å². The highest BCUT2D eigenvalue weighted by Gasteiger charge is 2.29. The smallest absolute Gasteiger partial charge is 0.264 e. The van der Waals surface area contributed by atoms with Crippen molar-refractivity contribution in [1.82, 2.24) is 5.32 Å². The molecule has 3 aromatic carbocycles. The van der Waals surface area contributed by atoms with Crippen LogP contribution in [-0.2, 0) is 19.6 Å². The molecule has 0 heterocycles. The number of benzene rings is 3. The molecule has 0 saturated carbocycles. The molecule has 8 nitrogen and oxygen atoms in total. The van der Waals surface area contributed by atoms with Gasteiger partial charge < -0.3 is 15.4 Å².